The molecule has 3 N–H and O–H groups in total. The molecule has 0 bridgehead atoms. The van der Waals surface area contributed by atoms with Gasteiger partial charge in [-0.3, -0.25) is 4.79 Å². The zero-order valence-electron chi connectivity index (χ0n) is 22.0. The topological polar surface area (TPSA) is 102 Å². The summed E-state index contributed by atoms with van der Waals surface area (Å²) in [6.07, 6.45) is 2.24. The smallest absolute Gasteiger partial charge is 0.255 e. The van der Waals surface area contributed by atoms with E-state index in [4.69, 9.17) is 18.9 Å². The summed E-state index contributed by atoms with van der Waals surface area (Å²) in [6.45, 7) is 3.95. The molecule has 0 radical (unpaired) electrons. The molecule has 198 valence electrons. The number of ether oxygens (including phenoxy) is 4. The lowest BCUT2D eigenvalue weighted by Crippen LogP contribution is -2.39. The summed E-state index contributed by atoms with van der Waals surface area (Å²) in [7, 11) is 3.18. The van der Waals surface area contributed by atoms with E-state index in [1.54, 1.807) is 26.4 Å². The quantitative estimate of drug-likeness (QED) is 0.294. The fourth-order valence-corrected chi connectivity index (χ4v) is 4.86. The summed E-state index contributed by atoms with van der Waals surface area (Å²) in [5.74, 6) is 1.90. The maximum Gasteiger partial charge on any atom is 0.255 e. The molecule has 0 saturated carbocycles. The maximum atomic E-state index is 13.6. The highest BCUT2D eigenvalue weighted by Crippen LogP contribution is 2.45. The number of aromatic amines is 1. The zero-order valence-corrected chi connectivity index (χ0v) is 22.0. The fraction of sp³-hybridized carbons (Fsp3) is 0.300. The lowest BCUT2D eigenvalue weighted by atomic mass is 9.94. The summed E-state index contributed by atoms with van der Waals surface area (Å²) in [5.41, 5.74) is 4.97. The first kappa shape index (κ1) is 25.5. The van der Waals surface area contributed by atoms with Crippen molar-refractivity contribution in [3.05, 3.63) is 71.4 Å². The molecule has 4 aromatic rings. The van der Waals surface area contributed by atoms with Gasteiger partial charge in [0.25, 0.3) is 5.91 Å². The van der Waals surface area contributed by atoms with Crippen molar-refractivity contribution in [2.24, 2.45) is 0 Å². The third-order valence-corrected chi connectivity index (χ3v) is 6.67. The van der Waals surface area contributed by atoms with E-state index in [1.165, 1.54) is 0 Å². The third kappa shape index (κ3) is 4.87. The van der Waals surface area contributed by atoms with Crippen LogP contribution in [0.5, 0.6) is 23.0 Å². The summed E-state index contributed by atoms with van der Waals surface area (Å²) in [5, 5.41) is 14.2. The Morgan fingerprint density at radius 2 is 1.82 bits per heavy atom. The van der Waals surface area contributed by atoms with Crippen LogP contribution in [0.4, 0.5) is 0 Å². The first-order chi connectivity index (χ1) is 18.4. The Balaban J connectivity index is 1.49. The normalized spacial score (nSPS) is 12.9. The van der Waals surface area contributed by atoms with Crippen LogP contribution in [0.1, 0.15) is 35.3 Å². The van der Waals surface area contributed by atoms with Gasteiger partial charge in [0.05, 0.1) is 38.5 Å². The number of hydrogen-bond donors (Lipinski definition) is 3. The number of nitrogens with one attached hydrogen (secondary N) is 2. The largest absolute Gasteiger partial charge is 0.493 e. The second-order valence-electron chi connectivity index (χ2n) is 9.58. The number of benzene rings is 3. The number of carbonyl (C=O) groups excluding carboxylic acids is 1. The van der Waals surface area contributed by atoms with Crippen LogP contribution < -0.4 is 24.3 Å². The van der Waals surface area contributed by atoms with Gasteiger partial charge < -0.3 is 34.4 Å². The Morgan fingerprint density at radius 3 is 2.55 bits per heavy atom. The van der Waals surface area contributed by atoms with Crippen LogP contribution in [-0.4, -0.2) is 49.0 Å². The molecule has 5 rings (SSSR count). The minimum absolute atomic E-state index is 0.153. The third-order valence-electron chi connectivity index (χ3n) is 6.67. The van der Waals surface area contributed by atoms with Crippen molar-refractivity contribution < 1.29 is 28.8 Å². The van der Waals surface area contributed by atoms with Crippen molar-refractivity contribution >= 4 is 16.8 Å². The van der Waals surface area contributed by atoms with E-state index < -0.39 is 6.04 Å². The second-order valence-corrected chi connectivity index (χ2v) is 9.58. The van der Waals surface area contributed by atoms with Gasteiger partial charge in [0.15, 0.2) is 11.5 Å². The number of fused-ring (bicyclic) bond motifs is 4. The minimum atomic E-state index is -0.488. The second kappa shape index (κ2) is 10.7. The number of carbonyl (C=O) groups is 1. The van der Waals surface area contributed by atoms with Crippen LogP contribution in [0.25, 0.3) is 22.0 Å². The van der Waals surface area contributed by atoms with E-state index in [9.17, 15) is 9.90 Å². The Kier molecular flexibility index (Phi) is 7.15. The standard InChI is InChI=1S/C30H32N2O6/c1-17(2)38-27-13-26-23(22-12-29(36-4)28(35-3)10-19(22)16-37-26)11-24(27)30(34)32-20(15-33)9-18-14-31-25-8-6-5-7-21(18)25/h5-8,10-14,17,20,31,33H,9,15-16H2,1-4H3,(H,32,34)/t20-/m1/s1. The Labute approximate surface area is 221 Å². The minimum Gasteiger partial charge on any atom is -0.493 e. The number of para-hydroxylation sites is 1. The molecule has 1 aliphatic rings. The van der Waals surface area contributed by atoms with Crippen molar-refractivity contribution in [1.82, 2.24) is 10.3 Å². The highest BCUT2D eigenvalue weighted by molar-refractivity contribution is 5.99. The number of methoxy groups -OCH3 is 2. The van der Waals surface area contributed by atoms with Gasteiger partial charge in [-0.2, -0.15) is 0 Å². The van der Waals surface area contributed by atoms with Gasteiger partial charge in [-0.1, -0.05) is 18.2 Å². The SMILES string of the molecule is COc1cc2c(cc1OC)-c1cc(C(=O)N[C@@H](CO)Cc3c[nH]c4ccccc34)c(OC(C)C)cc1OC2. The van der Waals surface area contributed by atoms with Gasteiger partial charge in [-0.15, -0.1) is 0 Å². The van der Waals surface area contributed by atoms with E-state index in [0.29, 0.717) is 41.6 Å². The van der Waals surface area contributed by atoms with Crippen LogP contribution in [0, 0.1) is 0 Å². The van der Waals surface area contributed by atoms with E-state index in [0.717, 1.165) is 33.2 Å². The number of aliphatic hydroxyl groups excluding tert-OH is 1. The van der Waals surface area contributed by atoms with Crippen molar-refractivity contribution in [2.75, 3.05) is 20.8 Å². The predicted octanol–water partition coefficient (Wildman–Crippen LogP) is 4.87. The summed E-state index contributed by atoms with van der Waals surface area (Å²) in [6, 6.07) is 14.8. The molecule has 0 unspecified atom stereocenters. The highest BCUT2D eigenvalue weighted by Gasteiger charge is 2.26. The van der Waals surface area contributed by atoms with E-state index in [1.807, 2.05) is 56.4 Å². The molecule has 1 atom stereocenters. The first-order valence-corrected chi connectivity index (χ1v) is 12.6. The van der Waals surface area contributed by atoms with Crippen LogP contribution in [0.3, 0.4) is 0 Å². The Bertz CT molecular complexity index is 1480. The van der Waals surface area contributed by atoms with Gasteiger partial charge in [0, 0.05) is 34.3 Å². The lowest BCUT2D eigenvalue weighted by Gasteiger charge is -2.25. The van der Waals surface area contributed by atoms with Crippen molar-refractivity contribution in [2.45, 2.75) is 39.0 Å². The Hall–Kier alpha value is -4.17. The lowest BCUT2D eigenvalue weighted by molar-refractivity contribution is 0.0910. The molecule has 1 aliphatic heterocycles. The predicted molar refractivity (Wildman–Crippen MR) is 145 cm³/mol. The molecule has 1 aromatic heterocycles. The van der Waals surface area contributed by atoms with Crippen molar-refractivity contribution in [3.63, 3.8) is 0 Å². The molecule has 0 saturated heterocycles. The first-order valence-electron chi connectivity index (χ1n) is 12.6. The van der Waals surface area contributed by atoms with Gasteiger partial charge in [0.1, 0.15) is 18.1 Å². The number of rotatable bonds is 9. The molecular weight excluding hydrogens is 484 g/mol. The molecule has 3 aromatic carbocycles. The molecule has 0 spiro atoms. The van der Waals surface area contributed by atoms with Crippen LogP contribution in [-0.2, 0) is 13.0 Å². The number of H-pyrrole nitrogens is 1. The van der Waals surface area contributed by atoms with Gasteiger partial charge in [-0.25, -0.2) is 0 Å². The summed E-state index contributed by atoms with van der Waals surface area (Å²) in [4.78, 5) is 16.9. The van der Waals surface area contributed by atoms with Crippen LogP contribution in [0.2, 0.25) is 0 Å². The molecular formula is C30H32N2O6. The van der Waals surface area contributed by atoms with Crippen molar-refractivity contribution in [1.29, 1.82) is 0 Å². The molecule has 8 nitrogen and oxygen atoms in total. The number of aromatic nitrogens is 1. The summed E-state index contributed by atoms with van der Waals surface area (Å²) >= 11 is 0. The van der Waals surface area contributed by atoms with Crippen LogP contribution >= 0.6 is 0 Å². The summed E-state index contributed by atoms with van der Waals surface area (Å²) < 4.78 is 23.0. The average Bonchev–Trinajstić information content (AvgIpc) is 3.33. The molecule has 0 fully saturated rings. The zero-order chi connectivity index (χ0) is 26.8. The fourth-order valence-electron chi connectivity index (χ4n) is 4.86. The van der Waals surface area contributed by atoms with Crippen LogP contribution in [0.15, 0.2) is 54.7 Å². The molecule has 8 heteroatoms. The van der Waals surface area contributed by atoms with Gasteiger partial charge in [0.2, 0.25) is 0 Å². The maximum absolute atomic E-state index is 13.6. The van der Waals surface area contributed by atoms with Crippen molar-refractivity contribution in [3.8, 4) is 34.1 Å². The van der Waals surface area contributed by atoms with Gasteiger partial charge in [-0.05, 0) is 55.7 Å². The molecule has 0 aliphatic carbocycles. The Morgan fingerprint density at radius 1 is 1.05 bits per heavy atom. The number of amides is 1. The number of hydrogen-bond acceptors (Lipinski definition) is 6. The monoisotopic (exact) mass is 516 g/mol. The molecule has 1 amide bonds. The van der Waals surface area contributed by atoms with E-state index in [2.05, 4.69) is 10.3 Å². The molecule has 2 heterocycles. The highest BCUT2D eigenvalue weighted by atomic mass is 16.5. The molecule has 38 heavy (non-hydrogen) atoms. The van der Waals surface area contributed by atoms with E-state index >= 15 is 0 Å². The van der Waals surface area contributed by atoms with E-state index in [-0.39, 0.29) is 18.6 Å². The average molecular weight is 517 g/mol. The van der Waals surface area contributed by atoms with Gasteiger partial charge >= 0.3 is 0 Å². The number of aliphatic hydroxyl groups is 1.